The van der Waals surface area contributed by atoms with Crippen LogP contribution in [0.5, 0.6) is 5.75 Å². The fraction of sp³-hybridized carbons (Fsp3) is 0.333. The Morgan fingerprint density at radius 3 is 2.59 bits per heavy atom. The summed E-state index contributed by atoms with van der Waals surface area (Å²) in [5.74, 6) is -1.30. The molecule has 1 fully saturated rings. The van der Waals surface area contributed by atoms with Gasteiger partial charge in [0.05, 0.1) is 11.4 Å². The quantitative estimate of drug-likeness (QED) is 0.230. The lowest BCUT2D eigenvalue weighted by atomic mass is 9.91. The number of hydrogen-bond acceptors (Lipinski definition) is 6. The van der Waals surface area contributed by atoms with E-state index in [-0.39, 0.29) is 37.5 Å². The molecule has 2 aromatic heterocycles. The van der Waals surface area contributed by atoms with Crippen molar-refractivity contribution in [3.05, 3.63) is 81.6 Å². The molecule has 0 saturated carbocycles. The fourth-order valence-corrected chi connectivity index (χ4v) is 6.67. The van der Waals surface area contributed by atoms with Crippen molar-refractivity contribution >= 4 is 37.2 Å². The van der Waals surface area contributed by atoms with Crippen molar-refractivity contribution in [2.24, 2.45) is 0 Å². The van der Waals surface area contributed by atoms with Crippen LogP contribution >= 0.6 is 9.24 Å². The number of pyridine rings is 1. The Bertz CT molecular complexity index is 1940. The number of carbonyl (C=O) groups excluding carboxylic acids is 1. The van der Waals surface area contributed by atoms with Crippen molar-refractivity contribution in [1.29, 1.82) is 0 Å². The van der Waals surface area contributed by atoms with Gasteiger partial charge in [0.25, 0.3) is 5.91 Å². The van der Waals surface area contributed by atoms with E-state index < -0.39 is 17.4 Å². The number of amides is 1. The minimum absolute atomic E-state index is 0.0116. The van der Waals surface area contributed by atoms with E-state index in [1.165, 1.54) is 4.90 Å². The lowest BCUT2D eigenvalue weighted by Gasteiger charge is -2.41. The molecule has 2 aliphatic rings. The molecule has 2 aliphatic heterocycles. The van der Waals surface area contributed by atoms with Crippen LogP contribution in [-0.2, 0) is 11.4 Å². The molecule has 0 N–H and O–H groups in total. The third kappa shape index (κ3) is 4.67. The second-order valence-electron chi connectivity index (χ2n) is 11.9. The summed E-state index contributed by atoms with van der Waals surface area (Å²) < 4.78 is 37.5. The van der Waals surface area contributed by atoms with Crippen molar-refractivity contribution in [2.45, 2.75) is 53.2 Å². The van der Waals surface area contributed by atoms with Crippen molar-refractivity contribution in [1.82, 2.24) is 19.4 Å². The standard InChI is InChI=1S/C33H34F2N5O3P/c1-16(2)27-28(17(3)9-10-36-27)40-29-22(13-18(4)24-25-21(15-43-30(24)29)7-8-23(44)26(25)35)31(37-33(40)42)39-12-11-38(14-19(39)5)32(41)20(6)34/h7-10,13,16,19H,6,11-12,14-15,44H2,1-5H3/t19-/m0/s1. The summed E-state index contributed by atoms with van der Waals surface area (Å²) in [7, 11) is 2.45. The number of aromatic nitrogens is 3. The Balaban J connectivity index is 1.69. The van der Waals surface area contributed by atoms with Crippen molar-refractivity contribution in [3.63, 3.8) is 0 Å². The minimum atomic E-state index is -1.01. The first-order valence-corrected chi connectivity index (χ1v) is 15.1. The molecule has 0 bridgehead atoms. The van der Waals surface area contributed by atoms with Crippen LogP contribution in [-0.4, -0.2) is 51.0 Å². The zero-order valence-electron chi connectivity index (χ0n) is 25.4. The predicted octanol–water partition coefficient (Wildman–Crippen LogP) is 5.24. The molecule has 6 rings (SSSR count). The molecule has 0 radical (unpaired) electrons. The topological polar surface area (TPSA) is 80.6 Å². The summed E-state index contributed by atoms with van der Waals surface area (Å²) >= 11 is 0. The van der Waals surface area contributed by atoms with Crippen molar-refractivity contribution < 1.29 is 18.3 Å². The Kier molecular flexibility index (Phi) is 7.52. The first kappa shape index (κ1) is 29.9. The van der Waals surface area contributed by atoms with Crippen LogP contribution < -0.4 is 20.6 Å². The molecule has 8 nitrogen and oxygen atoms in total. The summed E-state index contributed by atoms with van der Waals surface area (Å²) in [6, 6.07) is 7.05. The number of piperazine rings is 1. The van der Waals surface area contributed by atoms with Crippen LogP contribution in [0.25, 0.3) is 27.7 Å². The third-order valence-electron chi connectivity index (χ3n) is 8.53. The van der Waals surface area contributed by atoms with E-state index in [4.69, 9.17) is 4.74 Å². The molecule has 0 spiro atoms. The fourth-order valence-electron chi connectivity index (χ4n) is 6.43. The predicted molar refractivity (Wildman–Crippen MR) is 171 cm³/mol. The number of fused-ring (bicyclic) bond motifs is 5. The molecule has 44 heavy (non-hydrogen) atoms. The molecule has 0 aliphatic carbocycles. The summed E-state index contributed by atoms with van der Waals surface area (Å²) in [5.41, 5.74) is 4.63. The number of nitrogens with zero attached hydrogens (tertiary/aromatic N) is 5. The number of aryl methyl sites for hydroxylation is 2. The van der Waals surface area contributed by atoms with E-state index >= 15 is 4.39 Å². The van der Waals surface area contributed by atoms with Gasteiger partial charge < -0.3 is 14.5 Å². The van der Waals surface area contributed by atoms with Crippen LogP contribution in [0.15, 0.2) is 47.7 Å². The van der Waals surface area contributed by atoms with Gasteiger partial charge in [-0.1, -0.05) is 32.6 Å². The van der Waals surface area contributed by atoms with E-state index in [2.05, 4.69) is 25.8 Å². The highest BCUT2D eigenvalue weighted by Gasteiger charge is 2.34. The Morgan fingerprint density at radius 1 is 1.16 bits per heavy atom. The molecule has 4 heterocycles. The number of benzene rings is 2. The van der Waals surface area contributed by atoms with Gasteiger partial charge >= 0.3 is 5.69 Å². The van der Waals surface area contributed by atoms with Gasteiger partial charge in [-0.05, 0) is 49.9 Å². The summed E-state index contributed by atoms with van der Waals surface area (Å²) in [4.78, 5) is 39.3. The number of rotatable bonds is 4. The Morgan fingerprint density at radius 2 is 1.91 bits per heavy atom. The first-order valence-electron chi connectivity index (χ1n) is 14.6. The second kappa shape index (κ2) is 11.1. The molecule has 4 aromatic rings. The number of ether oxygens (including phenoxy) is 1. The lowest BCUT2D eigenvalue weighted by Crippen LogP contribution is -2.54. The van der Waals surface area contributed by atoms with E-state index in [1.807, 2.05) is 57.7 Å². The summed E-state index contributed by atoms with van der Waals surface area (Å²) in [6.07, 6.45) is 1.72. The monoisotopic (exact) mass is 617 g/mol. The zero-order chi connectivity index (χ0) is 31.6. The van der Waals surface area contributed by atoms with Crippen molar-refractivity contribution in [2.75, 3.05) is 24.5 Å². The maximum absolute atomic E-state index is 15.8. The van der Waals surface area contributed by atoms with Crippen molar-refractivity contribution in [3.8, 4) is 22.6 Å². The minimum Gasteiger partial charge on any atom is -0.486 e. The number of halogens is 2. The highest BCUT2D eigenvalue weighted by molar-refractivity contribution is 7.27. The number of anilines is 1. The van der Waals surface area contributed by atoms with Gasteiger partial charge in [0.2, 0.25) is 0 Å². The summed E-state index contributed by atoms with van der Waals surface area (Å²) in [5, 5.41) is 1.08. The van der Waals surface area contributed by atoms with Gasteiger partial charge in [-0.3, -0.25) is 14.3 Å². The lowest BCUT2D eigenvalue weighted by molar-refractivity contribution is -0.129. The van der Waals surface area contributed by atoms with Gasteiger partial charge in [-0.15, -0.1) is 9.24 Å². The Hall–Kier alpha value is -4.17. The normalized spacial score (nSPS) is 16.2. The largest absolute Gasteiger partial charge is 0.486 e. The van der Waals surface area contributed by atoms with Gasteiger partial charge in [0.15, 0.2) is 11.6 Å². The van der Waals surface area contributed by atoms with Crippen LogP contribution in [0.1, 0.15) is 49.1 Å². The Labute approximate surface area is 256 Å². The van der Waals surface area contributed by atoms with Crippen LogP contribution in [0.3, 0.4) is 0 Å². The van der Waals surface area contributed by atoms with Crippen LogP contribution in [0.2, 0.25) is 0 Å². The van der Waals surface area contributed by atoms with Gasteiger partial charge in [0, 0.05) is 59.3 Å². The molecule has 1 saturated heterocycles. The van der Waals surface area contributed by atoms with E-state index in [0.29, 0.717) is 51.1 Å². The van der Waals surface area contributed by atoms with Gasteiger partial charge in [-0.2, -0.15) is 4.98 Å². The molecule has 228 valence electrons. The highest BCUT2D eigenvalue weighted by Crippen LogP contribution is 2.47. The molecule has 11 heteroatoms. The third-order valence-corrected chi connectivity index (χ3v) is 8.98. The van der Waals surface area contributed by atoms with Crippen LogP contribution in [0.4, 0.5) is 14.6 Å². The average Bonchev–Trinajstić information content (AvgIpc) is 2.98. The molecular formula is C33H34F2N5O3P. The van der Waals surface area contributed by atoms with Crippen LogP contribution in [0, 0.1) is 19.7 Å². The van der Waals surface area contributed by atoms with E-state index in [1.54, 1.807) is 16.8 Å². The maximum atomic E-state index is 15.8. The smallest absolute Gasteiger partial charge is 0.354 e. The van der Waals surface area contributed by atoms with E-state index in [9.17, 15) is 14.0 Å². The average molecular weight is 618 g/mol. The van der Waals surface area contributed by atoms with Gasteiger partial charge in [0.1, 0.15) is 23.8 Å². The highest BCUT2D eigenvalue weighted by atomic mass is 31.0. The van der Waals surface area contributed by atoms with Gasteiger partial charge in [-0.25, -0.2) is 13.6 Å². The molecule has 1 unspecified atom stereocenters. The first-order chi connectivity index (χ1) is 20.9. The molecule has 1 amide bonds. The number of hydrogen-bond donors (Lipinski definition) is 0. The number of carbonyl (C=O) groups is 1. The van der Waals surface area contributed by atoms with E-state index in [0.717, 1.165) is 22.4 Å². The SMILES string of the molecule is C=C(F)C(=O)N1CCN(c2nc(=O)n(-c3c(C)ccnc3C(C)C)c3c4c(c(C)cc23)-c2c(ccc(P)c2F)CO4)[C@@H](C)C1. The zero-order valence-corrected chi connectivity index (χ0v) is 26.5. The molecular weight excluding hydrogens is 583 g/mol. The maximum Gasteiger partial charge on any atom is 0.354 e. The molecule has 2 atom stereocenters. The summed E-state index contributed by atoms with van der Waals surface area (Å²) in [6.45, 7) is 13.8. The molecule has 2 aromatic carbocycles. The second-order valence-corrected chi connectivity index (χ2v) is 12.5.